The van der Waals surface area contributed by atoms with Crippen LogP contribution in [0.15, 0.2) is 23.4 Å². The Kier molecular flexibility index (Phi) is 4.74. The van der Waals surface area contributed by atoms with Gasteiger partial charge in [-0.25, -0.2) is 0 Å². The highest BCUT2D eigenvalue weighted by atomic mass is 16.4. The first-order valence-electron chi connectivity index (χ1n) is 6.88. The van der Waals surface area contributed by atoms with E-state index in [4.69, 9.17) is 5.21 Å². The Bertz CT molecular complexity index is 514. The molecular weight excluding hydrogens is 254 g/mol. The molecule has 108 valence electrons. The van der Waals surface area contributed by atoms with Crippen molar-refractivity contribution in [2.45, 2.75) is 32.9 Å². The maximum absolute atomic E-state index is 11.3. The lowest BCUT2D eigenvalue weighted by Crippen LogP contribution is -2.44. The van der Waals surface area contributed by atoms with Crippen molar-refractivity contribution >= 4 is 12.1 Å². The fourth-order valence-electron chi connectivity index (χ4n) is 2.73. The van der Waals surface area contributed by atoms with Crippen LogP contribution in [0, 0.1) is 6.92 Å². The highest BCUT2D eigenvalue weighted by molar-refractivity contribution is 6.26. The maximum atomic E-state index is 11.3. The van der Waals surface area contributed by atoms with Gasteiger partial charge in [-0.1, -0.05) is 23.4 Å². The fraction of sp³-hybridized carbons (Fsp3) is 0.467. The smallest absolute Gasteiger partial charge is 0.266 e. The highest BCUT2D eigenvalue weighted by Crippen LogP contribution is 2.22. The van der Waals surface area contributed by atoms with Crippen LogP contribution in [0.5, 0.6) is 0 Å². The van der Waals surface area contributed by atoms with Gasteiger partial charge in [0.15, 0.2) is 0 Å². The molecule has 5 nitrogen and oxygen atoms in total. The average Bonchev–Trinajstić information content (AvgIpc) is 2.39. The minimum Gasteiger partial charge on any atom is -0.411 e. The van der Waals surface area contributed by atoms with Crippen LogP contribution in [0.1, 0.15) is 23.6 Å². The summed E-state index contributed by atoms with van der Waals surface area (Å²) in [6.07, 6.45) is 1.93. The SMILES string of the molecule is Cc1cccc2c1CN(C[C@H](C)NC(=O)/C=N\O)CC2. The summed E-state index contributed by atoms with van der Waals surface area (Å²) < 4.78 is 0. The molecule has 2 N–H and O–H groups in total. The fourth-order valence-corrected chi connectivity index (χ4v) is 2.73. The van der Waals surface area contributed by atoms with Crippen LogP contribution in [0.4, 0.5) is 0 Å². The predicted octanol–water partition coefficient (Wildman–Crippen LogP) is 1.32. The minimum absolute atomic E-state index is 0.0195. The molecule has 5 heteroatoms. The van der Waals surface area contributed by atoms with Crippen molar-refractivity contribution in [2.24, 2.45) is 5.16 Å². The lowest BCUT2D eigenvalue weighted by atomic mass is 9.95. The van der Waals surface area contributed by atoms with E-state index < -0.39 is 0 Å². The Morgan fingerprint density at radius 2 is 2.40 bits per heavy atom. The van der Waals surface area contributed by atoms with Gasteiger partial charge in [0, 0.05) is 25.7 Å². The largest absolute Gasteiger partial charge is 0.411 e. The van der Waals surface area contributed by atoms with E-state index in [0.717, 1.165) is 32.3 Å². The lowest BCUT2D eigenvalue weighted by molar-refractivity contribution is -0.115. The molecule has 0 unspecified atom stereocenters. The molecule has 1 aromatic rings. The zero-order chi connectivity index (χ0) is 14.5. The number of carbonyl (C=O) groups excluding carboxylic acids is 1. The molecule has 0 spiro atoms. The van der Waals surface area contributed by atoms with Gasteiger partial charge in [0.05, 0.1) is 0 Å². The van der Waals surface area contributed by atoms with E-state index in [9.17, 15) is 4.79 Å². The summed E-state index contributed by atoms with van der Waals surface area (Å²) in [7, 11) is 0. The van der Waals surface area contributed by atoms with Crippen LogP contribution in [-0.2, 0) is 17.8 Å². The Morgan fingerprint density at radius 3 is 3.15 bits per heavy atom. The maximum Gasteiger partial charge on any atom is 0.266 e. The van der Waals surface area contributed by atoms with E-state index in [1.165, 1.54) is 16.7 Å². The van der Waals surface area contributed by atoms with Gasteiger partial charge in [-0.3, -0.25) is 9.69 Å². The molecule has 1 heterocycles. The number of carbonyl (C=O) groups is 1. The monoisotopic (exact) mass is 275 g/mol. The van der Waals surface area contributed by atoms with Crippen LogP contribution in [0.3, 0.4) is 0 Å². The van der Waals surface area contributed by atoms with Crippen molar-refractivity contribution in [2.75, 3.05) is 13.1 Å². The third kappa shape index (κ3) is 3.57. The van der Waals surface area contributed by atoms with Crippen molar-refractivity contribution in [3.63, 3.8) is 0 Å². The van der Waals surface area contributed by atoms with E-state index in [0.29, 0.717) is 0 Å². The second-order valence-electron chi connectivity index (χ2n) is 5.35. The van der Waals surface area contributed by atoms with Crippen LogP contribution >= 0.6 is 0 Å². The van der Waals surface area contributed by atoms with Crippen LogP contribution in [-0.4, -0.2) is 41.4 Å². The molecule has 0 aliphatic carbocycles. The standard InChI is InChI=1S/C15H21N3O2/c1-11-4-3-5-13-6-7-18(10-14(11)13)9-12(2)17-15(19)8-16-20/h3-5,8,12,20H,6-7,9-10H2,1-2H3,(H,17,19)/b16-8-/t12-/m0/s1. The van der Waals surface area contributed by atoms with Gasteiger partial charge in [-0.05, 0) is 37.0 Å². The molecule has 0 saturated heterocycles. The number of nitrogens with one attached hydrogen (secondary N) is 1. The van der Waals surface area contributed by atoms with Gasteiger partial charge < -0.3 is 10.5 Å². The number of hydrogen-bond donors (Lipinski definition) is 2. The summed E-state index contributed by atoms with van der Waals surface area (Å²) in [5.41, 5.74) is 4.18. The number of rotatable bonds is 4. The lowest BCUT2D eigenvalue weighted by Gasteiger charge is -2.31. The number of oxime groups is 1. The number of nitrogens with zero attached hydrogens (tertiary/aromatic N) is 2. The number of amides is 1. The molecule has 1 amide bonds. The zero-order valence-electron chi connectivity index (χ0n) is 12.0. The predicted molar refractivity (Wildman–Crippen MR) is 78.0 cm³/mol. The Labute approximate surface area is 119 Å². The summed E-state index contributed by atoms with van der Waals surface area (Å²) >= 11 is 0. The molecule has 2 rings (SSSR count). The molecule has 0 radical (unpaired) electrons. The van der Waals surface area contributed by atoms with Gasteiger partial charge in [0.2, 0.25) is 0 Å². The van der Waals surface area contributed by atoms with Crippen molar-refractivity contribution in [3.8, 4) is 0 Å². The van der Waals surface area contributed by atoms with E-state index in [1.807, 2.05) is 6.92 Å². The van der Waals surface area contributed by atoms with Gasteiger partial charge in [-0.2, -0.15) is 0 Å². The van der Waals surface area contributed by atoms with Gasteiger partial charge in [0.25, 0.3) is 5.91 Å². The second kappa shape index (κ2) is 6.52. The number of benzene rings is 1. The minimum atomic E-state index is -0.367. The number of hydrogen-bond acceptors (Lipinski definition) is 4. The van der Waals surface area contributed by atoms with E-state index in [2.05, 4.69) is 40.5 Å². The first-order valence-corrected chi connectivity index (χ1v) is 6.88. The summed E-state index contributed by atoms with van der Waals surface area (Å²) in [6.45, 7) is 6.82. The molecule has 1 aliphatic rings. The topological polar surface area (TPSA) is 64.9 Å². The summed E-state index contributed by atoms with van der Waals surface area (Å²) in [6, 6.07) is 6.47. The second-order valence-corrected chi connectivity index (χ2v) is 5.35. The number of fused-ring (bicyclic) bond motifs is 1. The zero-order valence-corrected chi connectivity index (χ0v) is 12.0. The molecule has 1 aromatic carbocycles. The molecule has 1 aliphatic heterocycles. The van der Waals surface area contributed by atoms with Crippen LogP contribution < -0.4 is 5.32 Å². The van der Waals surface area contributed by atoms with Crippen LogP contribution in [0.25, 0.3) is 0 Å². The molecule has 0 fully saturated rings. The molecule has 20 heavy (non-hydrogen) atoms. The molecular formula is C15H21N3O2. The summed E-state index contributed by atoms with van der Waals surface area (Å²) in [5, 5.41) is 13.8. The van der Waals surface area contributed by atoms with Crippen LogP contribution in [0.2, 0.25) is 0 Å². The van der Waals surface area contributed by atoms with E-state index >= 15 is 0 Å². The molecule has 0 bridgehead atoms. The first kappa shape index (κ1) is 14.5. The van der Waals surface area contributed by atoms with Crippen molar-refractivity contribution < 1.29 is 10.0 Å². The quantitative estimate of drug-likeness (QED) is 0.495. The summed E-state index contributed by atoms with van der Waals surface area (Å²) in [5.74, 6) is -0.367. The van der Waals surface area contributed by atoms with Gasteiger partial charge in [0.1, 0.15) is 6.21 Å². The molecule has 0 saturated carbocycles. The molecule has 0 aromatic heterocycles. The van der Waals surface area contributed by atoms with Gasteiger partial charge in [-0.15, -0.1) is 0 Å². The average molecular weight is 275 g/mol. The highest BCUT2D eigenvalue weighted by Gasteiger charge is 2.19. The van der Waals surface area contributed by atoms with Gasteiger partial charge >= 0.3 is 0 Å². The third-order valence-corrected chi connectivity index (χ3v) is 3.68. The van der Waals surface area contributed by atoms with E-state index in [1.54, 1.807) is 0 Å². The Morgan fingerprint density at radius 1 is 1.60 bits per heavy atom. The van der Waals surface area contributed by atoms with Crippen molar-refractivity contribution in [3.05, 3.63) is 34.9 Å². The molecule has 1 atom stereocenters. The summed E-state index contributed by atoms with van der Waals surface area (Å²) in [4.78, 5) is 13.7. The normalized spacial score (nSPS) is 16.9. The van der Waals surface area contributed by atoms with Crippen molar-refractivity contribution in [1.29, 1.82) is 0 Å². The third-order valence-electron chi connectivity index (χ3n) is 3.68. The first-order chi connectivity index (χ1) is 9.60. The van der Waals surface area contributed by atoms with Crippen molar-refractivity contribution in [1.82, 2.24) is 10.2 Å². The number of aryl methyl sites for hydroxylation is 1. The Hall–Kier alpha value is -1.88. The Balaban J connectivity index is 1.93. The van der Waals surface area contributed by atoms with E-state index in [-0.39, 0.29) is 11.9 Å².